The minimum atomic E-state index is -0.365. The first-order valence-electron chi connectivity index (χ1n) is 12.7. The summed E-state index contributed by atoms with van der Waals surface area (Å²) >= 11 is 0. The summed E-state index contributed by atoms with van der Waals surface area (Å²) in [5.74, 6) is 0.312. The SMILES string of the molecule is CCCCc1nc2cccc(C(=O)OC)c2n1Cc1ccc(-c2ccccc2NCC(=O)OCC)cc1. The maximum Gasteiger partial charge on any atom is 0.340 e. The van der Waals surface area contributed by atoms with Crippen LogP contribution in [-0.2, 0) is 27.2 Å². The highest BCUT2D eigenvalue weighted by molar-refractivity contribution is 6.02. The molecular weight excluding hydrogens is 466 g/mol. The van der Waals surface area contributed by atoms with Gasteiger partial charge in [-0.15, -0.1) is 0 Å². The van der Waals surface area contributed by atoms with Crippen molar-refractivity contribution < 1.29 is 19.1 Å². The van der Waals surface area contributed by atoms with E-state index in [1.807, 2.05) is 36.4 Å². The van der Waals surface area contributed by atoms with Crippen molar-refractivity contribution in [1.82, 2.24) is 9.55 Å². The number of hydrogen-bond donors (Lipinski definition) is 1. The number of methoxy groups -OCH3 is 1. The predicted octanol–water partition coefficient (Wildman–Crippen LogP) is 5.86. The number of nitrogens with zero attached hydrogens (tertiary/aromatic N) is 2. The summed E-state index contributed by atoms with van der Waals surface area (Å²) in [4.78, 5) is 29.2. The van der Waals surface area contributed by atoms with Crippen molar-refractivity contribution in [3.63, 3.8) is 0 Å². The lowest BCUT2D eigenvalue weighted by atomic mass is 10.0. The highest BCUT2D eigenvalue weighted by Gasteiger charge is 2.19. The van der Waals surface area contributed by atoms with Gasteiger partial charge in [-0.25, -0.2) is 9.78 Å². The number of esters is 2. The summed E-state index contributed by atoms with van der Waals surface area (Å²) in [5, 5.41) is 3.19. The Morgan fingerprint density at radius 1 is 0.973 bits per heavy atom. The van der Waals surface area contributed by atoms with Crippen LogP contribution in [0.1, 0.15) is 48.4 Å². The molecule has 1 heterocycles. The molecule has 37 heavy (non-hydrogen) atoms. The van der Waals surface area contributed by atoms with Crippen LogP contribution in [0.15, 0.2) is 66.7 Å². The molecule has 0 aliphatic heterocycles. The van der Waals surface area contributed by atoms with E-state index < -0.39 is 0 Å². The lowest BCUT2D eigenvalue weighted by molar-refractivity contribution is -0.140. The van der Waals surface area contributed by atoms with Gasteiger partial charge in [0.1, 0.15) is 12.4 Å². The van der Waals surface area contributed by atoms with Crippen LogP contribution in [0.4, 0.5) is 5.69 Å². The van der Waals surface area contributed by atoms with Gasteiger partial charge in [0.2, 0.25) is 0 Å². The van der Waals surface area contributed by atoms with Gasteiger partial charge in [-0.05, 0) is 42.7 Å². The predicted molar refractivity (Wildman–Crippen MR) is 146 cm³/mol. The van der Waals surface area contributed by atoms with E-state index >= 15 is 0 Å². The molecule has 0 amide bonds. The minimum Gasteiger partial charge on any atom is -0.465 e. The fourth-order valence-corrected chi connectivity index (χ4v) is 4.45. The zero-order valence-electron chi connectivity index (χ0n) is 21.6. The number of benzene rings is 3. The molecule has 0 atom stereocenters. The first-order valence-corrected chi connectivity index (χ1v) is 12.7. The molecule has 7 heteroatoms. The number of unbranched alkanes of at least 4 members (excludes halogenated alkanes) is 1. The zero-order chi connectivity index (χ0) is 26.2. The normalized spacial score (nSPS) is 10.9. The van der Waals surface area contributed by atoms with E-state index in [-0.39, 0.29) is 18.5 Å². The van der Waals surface area contributed by atoms with Crippen molar-refractivity contribution >= 4 is 28.7 Å². The summed E-state index contributed by atoms with van der Waals surface area (Å²) in [7, 11) is 1.40. The average molecular weight is 500 g/mol. The van der Waals surface area contributed by atoms with Gasteiger partial charge < -0.3 is 19.4 Å². The number of hydrogen-bond acceptors (Lipinski definition) is 6. The highest BCUT2D eigenvalue weighted by Crippen LogP contribution is 2.29. The van der Waals surface area contributed by atoms with Gasteiger partial charge >= 0.3 is 11.9 Å². The number of fused-ring (bicyclic) bond motifs is 1. The summed E-state index contributed by atoms with van der Waals surface area (Å²) in [6, 6.07) is 21.8. The zero-order valence-corrected chi connectivity index (χ0v) is 21.6. The fourth-order valence-electron chi connectivity index (χ4n) is 4.45. The topological polar surface area (TPSA) is 82.5 Å². The molecule has 0 aliphatic rings. The van der Waals surface area contributed by atoms with E-state index in [9.17, 15) is 9.59 Å². The Hall–Kier alpha value is -4.13. The Morgan fingerprint density at radius 3 is 2.49 bits per heavy atom. The summed E-state index contributed by atoms with van der Waals surface area (Å²) in [6.45, 7) is 5.01. The number of carbonyl (C=O) groups excluding carboxylic acids is 2. The molecule has 0 saturated heterocycles. The molecule has 0 aliphatic carbocycles. The molecule has 0 spiro atoms. The van der Waals surface area contributed by atoms with E-state index in [1.54, 1.807) is 13.0 Å². The van der Waals surface area contributed by atoms with Crippen LogP contribution in [0.25, 0.3) is 22.2 Å². The van der Waals surface area contributed by atoms with E-state index in [4.69, 9.17) is 14.5 Å². The van der Waals surface area contributed by atoms with Gasteiger partial charge in [0, 0.05) is 24.2 Å². The number of nitrogens with one attached hydrogen (secondary N) is 1. The smallest absolute Gasteiger partial charge is 0.340 e. The van der Waals surface area contributed by atoms with Crippen LogP contribution in [0, 0.1) is 0 Å². The molecule has 1 N–H and O–H groups in total. The molecule has 192 valence electrons. The third kappa shape index (κ3) is 6.00. The van der Waals surface area contributed by atoms with Crippen LogP contribution in [0.2, 0.25) is 0 Å². The number of aryl methyl sites for hydroxylation is 1. The largest absolute Gasteiger partial charge is 0.465 e. The van der Waals surface area contributed by atoms with Crippen molar-refractivity contribution in [3.05, 3.63) is 83.7 Å². The third-order valence-electron chi connectivity index (χ3n) is 6.27. The van der Waals surface area contributed by atoms with E-state index in [0.29, 0.717) is 18.7 Å². The van der Waals surface area contributed by atoms with Crippen molar-refractivity contribution in [2.45, 2.75) is 39.7 Å². The monoisotopic (exact) mass is 499 g/mol. The second kappa shape index (κ2) is 12.2. The van der Waals surface area contributed by atoms with Crippen molar-refractivity contribution in [3.8, 4) is 11.1 Å². The first-order chi connectivity index (χ1) is 18.0. The van der Waals surface area contributed by atoms with Crippen LogP contribution in [0.3, 0.4) is 0 Å². The number of carbonyl (C=O) groups is 2. The Bertz CT molecular complexity index is 1380. The number of anilines is 1. The lowest BCUT2D eigenvalue weighted by Crippen LogP contribution is -2.17. The number of ether oxygens (including phenoxy) is 2. The van der Waals surface area contributed by atoms with Gasteiger partial charge in [-0.3, -0.25) is 4.79 Å². The molecule has 0 bridgehead atoms. The van der Waals surface area contributed by atoms with Crippen LogP contribution in [0.5, 0.6) is 0 Å². The molecule has 0 fully saturated rings. The highest BCUT2D eigenvalue weighted by atomic mass is 16.5. The van der Waals surface area contributed by atoms with Gasteiger partial charge in [0.25, 0.3) is 0 Å². The van der Waals surface area contributed by atoms with E-state index in [0.717, 1.165) is 58.5 Å². The first kappa shape index (κ1) is 25.9. The van der Waals surface area contributed by atoms with Crippen molar-refractivity contribution in [2.75, 3.05) is 25.6 Å². The quantitative estimate of drug-likeness (QED) is 0.261. The minimum absolute atomic E-state index is 0.111. The number of rotatable bonds is 11. The lowest BCUT2D eigenvalue weighted by Gasteiger charge is -2.14. The Balaban J connectivity index is 1.64. The van der Waals surface area contributed by atoms with Crippen LogP contribution < -0.4 is 5.32 Å². The Kier molecular flexibility index (Phi) is 8.56. The third-order valence-corrected chi connectivity index (χ3v) is 6.27. The molecule has 4 aromatic rings. The van der Waals surface area contributed by atoms with E-state index in [1.165, 1.54) is 7.11 Å². The molecule has 3 aromatic carbocycles. The fraction of sp³-hybridized carbons (Fsp3) is 0.300. The second-order valence-corrected chi connectivity index (χ2v) is 8.78. The molecule has 7 nitrogen and oxygen atoms in total. The second-order valence-electron chi connectivity index (χ2n) is 8.78. The van der Waals surface area contributed by atoms with Crippen molar-refractivity contribution in [1.29, 1.82) is 0 Å². The summed E-state index contributed by atoms with van der Waals surface area (Å²) in [5.41, 5.74) is 6.13. The maximum atomic E-state index is 12.5. The molecular formula is C30H33N3O4. The molecule has 0 saturated carbocycles. The average Bonchev–Trinajstić information content (AvgIpc) is 3.28. The molecule has 1 aromatic heterocycles. The van der Waals surface area contributed by atoms with E-state index in [2.05, 4.69) is 41.1 Å². The van der Waals surface area contributed by atoms with Gasteiger partial charge in [0.15, 0.2) is 0 Å². The van der Waals surface area contributed by atoms with Gasteiger partial charge in [0.05, 0.1) is 30.3 Å². The van der Waals surface area contributed by atoms with Gasteiger partial charge in [-0.2, -0.15) is 0 Å². The molecule has 4 rings (SSSR count). The van der Waals surface area contributed by atoms with Gasteiger partial charge in [-0.1, -0.05) is 61.9 Å². The molecule has 0 unspecified atom stereocenters. The number of aromatic nitrogens is 2. The number of para-hydroxylation sites is 2. The number of imidazole rings is 1. The molecule has 0 radical (unpaired) electrons. The summed E-state index contributed by atoms with van der Waals surface area (Å²) in [6.07, 6.45) is 2.92. The van der Waals surface area contributed by atoms with Crippen LogP contribution in [-0.4, -0.2) is 41.8 Å². The van der Waals surface area contributed by atoms with Crippen LogP contribution >= 0.6 is 0 Å². The van der Waals surface area contributed by atoms with Crippen molar-refractivity contribution in [2.24, 2.45) is 0 Å². The summed E-state index contributed by atoms with van der Waals surface area (Å²) < 4.78 is 12.2. The standard InChI is InChI=1S/C30H33N3O4/c1-4-6-14-27-32-26-13-9-11-24(30(35)36-3)29(26)33(27)20-21-15-17-22(18-16-21)23-10-7-8-12-25(23)31-19-28(34)37-5-2/h7-13,15-18,31H,4-6,14,19-20H2,1-3H3. The maximum absolute atomic E-state index is 12.5. The Labute approximate surface area is 217 Å². The Morgan fingerprint density at radius 2 is 1.76 bits per heavy atom.